The van der Waals surface area contributed by atoms with E-state index in [1.807, 2.05) is 0 Å². The number of halogens is 10. The van der Waals surface area contributed by atoms with Crippen LogP contribution in [0.15, 0.2) is 8.95 Å². The van der Waals surface area contributed by atoms with Gasteiger partial charge in [0.25, 0.3) is 0 Å². The number of hydrogen-bond acceptors (Lipinski definition) is 0. The molecule has 0 N–H and O–H groups in total. The highest BCUT2D eigenvalue weighted by molar-refractivity contribution is 9.10. The molecule has 0 fully saturated rings. The van der Waals surface area contributed by atoms with E-state index < -0.39 is 66.6 Å². The molecule has 10 heteroatoms. The third kappa shape index (κ3) is 2.32. The van der Waals surface area contributed by atoms with Crippen molar-refractivity contribution in [3.05, 3.63) is 55.5 Å². The van der Waals surface area contributed by atoms with Crippen molar-refractivity contribution in [2.24, 2.45) is 0 Å². The van der Waals surface area contributed by atoms with Crippen LogP contribution in [0, 0.1) is 46.5 Å². The Bertz CT molecular complexity index is 677. The molecule has 0 aliphatic heterocycles. The average Bonchev–Trinajstić information content (AvgIpc) is 2.50. The summed E-state index contributed by atoms with van der Waals surface area (Å²) in [4.78, 5) is 0. The molecule has 0 atom stereocenters. The molecule has 22 heavy (non-hydrogen) atoms. The highest BCUT2D eigenvalue weighted by Crippen LogP contribution is 2.40. The van der Waals surface area contributed by atoms with Crippen LogP contribution in [0.1, 0.15) is 0 Å². The summed E-state index contributed by atoms with van der Waals surface area (Å²) in [6.45, 7) is 0. The Labute approximate surface area is 134 Å². The first-order valence-electron chi connectivity index (χ1n) is 5.14. The Kier molecular flexibility index (Phi) is 4.54. The van der Waals surface area contributed by atoms with Crippen LogP contribution in [0.5, 0.6) is 0 Å². The molecule has 0 unspecified atom stereocenters. The van der Waals surface area contributed by atoms with Crippen LogP contribution in [0.2, 0.25) is 0 Å². The maximum absolute atomic E-state index is 13.7. The van der Waals surface area contributed by atoms with Gasteiger partial charge in [-0.15, -0.1) is 0 Å². The third-order valence-electron chi connectivity index (χ3n) is 2.67. The van der Waals surface area contributed by atoms with Crippen LogP contribution in [0.4, 0.5) is 35.1 Å². The Balaban J connectivity index is 3.03. The minimum Gasteiger partial charge on any atom is -0.203 e. The lowest BCUT2D eigenvalue weighted by Gasteiger charge is -2.12. The summed E-state index contributed by atoms with van der Waals surface area (Å²) in [5.74, 6) is -16.9. The molecule has 0 saturated carbocycles. The highest BCUT2D eigenvalue weighted by atomic mass is 79.9. The standard InChI is InChI=1S/C12Br2F8/c13-3-9(19)5(15)1(6(16)10(3)20)2-7(17)11(21)4(14)12(22)8(2)18. The van der Waals surface area contributed by atoms with Gasteiger partial charge in [-0.2, -0.15) is 0 Å². The van der Waals surface area contributed by atoms with Gasteiger partial charge in [0, 0.05) is 0 Å². The second-order valence-electron chi connectivity index (χ2n) is 3.89. The monoisotopic (exact) mass is 454 g/mol. The zero-order valence-electron chi connectivity index (χ0n) is 9.78. The molecule has 0 spiro atoms. The Morgan fingerprint density at radius 3 is 0.727 bits per heavy atom. The second kappa shape index (κ2) is 5.80. The SMILES string of the molecule is Fc1c(F)c(-c2c(F)c(F)c(Br)c(F)c2F)c(F)c(F)c1Br. The molecule has 0 amide bonds. The van der Waals surface area contributed by atoms with Crippen molar-refractivity contribution in [3.63, 3.8) is 0 Å². The van der Waals surface area contributed by atoms with Crippen LogP contribution < -0.4 is 0 Å². The van der Waals surface area contributed by atoms with Crippen molar-refractivity contribution < 1.29 is 35.1 Å². The maximum atomic E-state index is 13.7. The summed E-state index contributed by atoms with van der Waals surface area (Å²) in [6.07, 6.45) is 0. The van der Waals surface area contributed by atoms with Crippen molar-refractivity contribution in [1.29, 1.82) is 0 Å². The van der Waals surface area contributed by atoms with Crippen molar-refractivity contribution in [2.45, 2.75) is 0 Å². The van der Waals surface area contributed by atoms with E-state index >= 15 is 0 Å². The van der Waals surface area contributed by atoms with Gasteiger partial charge in [-0.1, -0.05) is 0 Å². The molecule has 2 rings (SSSR count). The lowest BCUT2D eigenvalue weighted by Crippen LogP contribution is -2.07. The fourth-order valence-corrected chi connectivity index (χ4v) is 2.35. The van der Waals surface area contributed by atoms with Gasteiger partial charge in [-0.05, 0) is 31.9 Å². The topological polar surface area (TPSA) is 0 Å². The molecule has 0 bridgehead atoms. The summed E-state index contributed by atoms with van der Waals surface area (Å²) in [7, 11) is 0. The molecule has 0 aromatic heterocycles. The summed E-state index contributed by atoms with van der Waals surface area (Å²) in [5, 5.41) is 0. The van der Waals surface area contributed by atoms with Gasteiger partial charge >= 0.3 is 0 Å². The quantitative estimate of drug-likeness (QED) is 0.281. The van der Waals surface area contributed by atoms with Gasteiger partial charge in [0.2, 0.25) is 0 Å². The van der Waals surface area contributed by atoms with E-state index in [4.69, 9.17) is 0 Å². The van der Waals surface area contributed by atoms with E-state index in [0.717, 1.165) is 0 Å². The van der Waals surface area contributed by atoms with Crippen LogP contribution in [0.25, 0.3) is 11.1 Å². The van der Waals surface area contributed by atoms with E-state index in [9.17, 15) is 35.1 Å². The van der Waals surface area contributed by atoms with Crippen LogP contribution in [-0.4, -0.2) is 0 Å². The first-order valence-corrected chi connectivity index (χ1v) is 6.73. The number of hydrogen-bond donors (Lipinski definition) is 0. The average molecular weight is 456 g/mol. The fourth-order valence-electron chi connectivity index (χ4n) is 1.65. The Morgan fingerprint density at radius 2 is 0.545 bits per heavy atom. The minimum atomic E-state index is -2.22. The maximum Gasteiger partial charge on any atom is 0.176 e. The van der Waals surface area contributed by atoms with Gasteiger partial charge < -0.3 is 0 Å². The summed E-state index contributed by atoms with van der Waals surface area (Å²) in [5.41, 5.74) is -3.81. The molecule has 118 valence electrons. The molecule has 0 heterocycles. The van der Waals surface area contributed by atoms with Crippen LogP contribution in [-0.2, 0) is 0 Å². The van der Waals surface area contributed by atoms with E-state index in [0.29, 0.717) is 0 Å². The summed E-state index contributed by atoms with van der Waals surface area (Å²) >= 11 is 4.38. The second-order valence-corrected chi connectivity index (χ2v) is 5.48. The van der Waals surface area contributed by atoms with Gasteiger partial charge in [-0.25, -0.2) is 35.1 Å². The van der Waals surface area contributed by atoms with Gasteiger partial charge in [0.05, 0.1) is 20.1 Å². The van der Waals surface area contributed by atoms with Gasteiger partial charge in [0.1, 0.15) is 0 Å². The zero-order valence-corrected chi connectivity index (χ0v) is 13.0. The van der Waals surface area contributed by atoms with E-state index in [2.05, 4.69) is 31.9 Å². The molecule has 2 aromatic rings. The largest absolute Gasteiger partial charge is 0.203 e. The van der Waals surface area contributed by atoms with Crippen molar-refractivity contribution >= 4 is 31.9 Å². The first-order chi connectivity index (χ1) is 10.1. The first kappa shape index (κ1) is 17.2. The highest BCUT2D eigenvalue weighted by Gasteiger charge is 2.33. The minimum absolute atomic E-state index is 1.27. The summed E-state index contributed by atoms with van der Waals surface area (Å²) < 4.78 is 106. The van der Waals surface area contributed by atoms with Gasteiger partial charge in [-0.3, -0.25) is 0 Å². The molecule has 0 aliphatic carbocycles. The predicted octanol–water partition coefficient (Wildman–Crippen LogP) is 5.99. The molecule has 2 aromatic carbocycles. The summed E-state index contributed by atoms with van der Waals surface area (Å²) in [6, 6.07) is 0. The van der Waals surface area contributed by atoms with Crippen LogP contribution in [0.3, 0.4) is 0 Å². The zero-order chi connectivity index (χ0) is 16.9. The Morgan fingerprint density at radius 1 is 0.364 bits per heavy atom. The number of rotatable bonds is 1. The molecule has 0 saturated heterocycles. The normalized spacial score (nSPS) is 11.2. The number of benzene rings is 2. The predicted molar refractivity (Wildman–Crippen MR) is 66.9 cm³/mol. The molecule has 0 nitrogen and oxygen atoms in total. The smallest absolute Gasteiger partial charge is 0.176 e. The molecular formula is C12Br2F8. The molecule has 0 radical (unpaired) electrons. The lowest BCUT2D eigenvalue weighted by atomic mass is 10.0. The van der Waals surface area contributed by atoms with Gasteiger partial charge in [0.15, 0.2) is 46.5 Å². The fraction of sp³-hybridized carbons (Fsp3) is 0. The van der Waals surface area contributed by atoms with Crippen molar-refractivity contribution in [2.75, 3.05) is 0 Å². The van der Waals surface area contributed by atoms with Crippen LogP contribution >= 0.6 is 31.9 Å². The van der Waals surface area contributed by atoms with Crippen molar-refractivity contribution in [1.82, 2.24) is 0 Å². The molecule has 0 aliphatic rings. The third-order valence-corrected chi connectivity index (χ3v) is 4.06. The molecular weight excluding hydrogens is 456 g/mol. The van der Waals surface area contributed by atoms with E-state index in [1.165, 1.54) is 0 Å². The van der Waals surface area contributed by atoms with E-state index in [1.54, 1.807) is 0 Å². The lowest BCUT2D eigenvalue weighted by molar-refractivity contribution is 0.434. The van der Waals surface area contributed by atoms with Crippen molar-refractivity contribution in [3.8, 4) is 11.1 Å². The Hall–Kier alpha value is -1.16. The van der Waals surface area contributed by atoms with E-state index in [-0.39, 0.29) is 0 Å².